The van der Waals surface area contributed by atoms with Gasteiger partial charge in [0, 0.05) is 31.4 Å². The van der Waals surface area contributed by atoms with Crippen LogP contribution in [0.25, 0.3) is 17.2 Å². The van der Waals surface area contributed by atoms with E-state index in [0.29, 0.717) is 60.4 Å². The fraction of sp³-hybridized carbons (Fsp3) is 0.391. The molecule has 0 spiro atoms. The molecule has 0 atom stereocenters. The van der Waals surface area contributed by atoms with Gasteiger partial charge in [-0.05, 0) is 53.0 Å². The lowest BCUT2D eigenvalue weighted by atomic mass is 10.2. The van der Waals surface area contributed by atoms with Crippen LogP contribution >= 0.6 is 15.9 Å². The first-order valence-electron chi connectivity index (χ1n) is 11.4. The van der Waals surface area contributed by atoms with Crippen LogP contribution < -0.4 is 5.56 Å². The van der Waals surface area contributed by atoms with Gasteiger partial charge in [-0.25, -0.2) is 9.39 Å². The van der Waals surface area contributed by atoms with Crippen molar-refractivity contribution in [1.82, 2.24) is 29.3 Å². The molecule has 0 bridgehead atoms. The van der Waals surface area contributed by atoms with E-state index >= 15 is 0 Å². The van der Waals surface area contributed by atoms with Crippen molar-refractivity contribution in [3.8, 4) is 17.1 Å². The molecule has 1 aromatic carbocycles. The van der Waals surface area contributed by atoms with Gasteiger partial charge in [0.25, 0.3) is 5.56 Å². The second-order valence-electron chi connectivity index (χ2n) is 8.29. The molecule has 1 N–H and O–H groups in total. The first-order chi connectivity index (χ1) is 16.5. The van der Waals surface area contributed by atoms with E-state index in [2.05, 4.69) is 48.2 Å². The summed E-state index contributed by atoms with van der Waals surface area (Å²) in [5.74, 6) is 3.00. The molecule has 0 saturated heterocycles. The van der Waals surface area contributed by atoms with Crippen molar-refractivity contribution >= 4 is 32.1 Å². The molecular weight excluding hydrogens is 502 g/mol. The molecular formula is C23H24BrN7O3. The Hall–Kier alpha value is -3.34. The Balaban J connectivity index is 1.35. The normalized spacial score (nSPS) is 12.9. The highest BCUT2D eigenvalue weighted by atomic mass is 79.9. The summed E-state index contributed by atoms with van der Waals surface area (Å²) in [5.41, 5.74) is 1.33. The maximum atomic E-state index is 13.3. The van der Waals surface area contributed by atoms with Crippen LogP contribution in [0.4, 0.5) is 5.82 Å². The number of unbranched alkanes of at least 4 members (excludes halogenated alkanes) is 2. The zero-order valence-electron chi connectivity index (χ0n) is 18.7. The topological polar surface area (TPSA) is 124 Å². The number of aliphatic imine (C=N–C) groups is 1. The van der Waals surface area contributed by atoms with Gasteiger partial charge in [-0.15, -0.1) is 10.2 Å². The van der Waals surface area contributed by atoms with Gasteiger partial charge in [0.15, 0.2) is 0 Å². The summed E-state index contributed by atoms with van der Waals surface area (Å²) in [4.78, 5) is 22.3. The van der Waals surface area contributed by atoms with E-state index in [-0.39, 0.29) is 11.3 Å². The van der Waals surface area contributed by atoms with Crippen LogP contribution in [-0.4, -0.2) is 39.0 Å². The van der Waals surface area contributed by atoms with Crippen molar-refractivity contribution in [2.75, 3.05) is 0 Å². The smallest absolute Gasteiger partial charge is 0.266 e. The summed E-state index contributed by atoms with van der Waals surface area (Å²) in [5, 5.41) is 22.1. The average Bonchev–Trinajstić information content (AvgIpc) is 3.56. The minimum Gasteiger partial charge on any atom is -0.508 e. The first kappa shape index (κ1) is 22.5. The standard InChI is InChI=1S/C23H24BrN7O3/c1-2-3-4-12-30-21-16(13-17(24)25-21)22(33)31-18(27-28-23(30)31)6-5-7-19-26-20(29-34-19)14-8-10-15(32)11-9-14/h8-11,32H,2-7,12-13H2,1H3. The number of rotatable bonds is 9. The van der Waals surface area contributed by atoms with E-state index in [4.69, 9.17) is 4.52 Å². The summed E-state index contributed by atoms with van der Waals surface area (Å²) in [6, 6.07) is 6.63. The van der Waals surface area contributed by atoms with Crippen LogP contribution in [0, 0.1) is 0 Å². The molecule has 4 heterocycles. The van der Waals surface area contributed by atoms with Crippen molar-refractivity contribution in [3.63, 3.8) is 0 Å². The van der Waals surface area contributed by atoms with Crippen LogP contribution in [0.15, 0.2) is 38.6 Å². The van der Waals surface area contributed by atoms with Crippen molar-refractivity contribution in [3.05, 3.63) is 51.9 Å². The van der Waals surface area contributed by atoms with E-state index in [1.165, 1.54) is 0 Å². The van der Waals surface area contributed by atoms with Crippen molar-refractivity contribution in [2.45, 2.75) is 58.4 Å². The lowest BCUT2D eigenvalue weighted by Gasteiger charge is -2.12. The molecule has 0 amide bonds. The van der Waals surface area contributed by atoms with Crippen LogP contribution in [0.2, 0.25) is 0 Å². The summed E-state index contributed by atoms with van der Waals surface area (Å²) in [6.45, 7) is 2.90. The lowest BCUT2D eigenvalue weighted by molar-refractivity contribution is 0.375. The number of nitrogens with zero attached hydrogens (tertiary/aromatic N) is 7. The van der Waals surface area contributed by atoms with Gasteiger partial charge >= 0.3 is 0 Å². The van der Waals surface area contributed by atoms with E-state index in [1.54, 1.807) is 28.7 Å². The van der Waals surface area contributed by atoms with Crippen molar-refractivity contribution < 1.29 is 9.63 Å². The second kappa shape index (κ2) is 9.49. The highest BCUT2D eigenvalue weighted by Gasteiger charge is 2.25. The van der Waals surface area contributed by atoms with Crippen molar-refractivity contribution in [1.29, 1.82) is 0 Å². The monoisotopic (exact) mass is 525 g/mol. The molecule has 10 nitrogen and oxygen atoms in total. The maximum absolute atomic E-state index is 13.3. The molecule has 1 aliphatic heterocycles. The number of phenolic OH excluding ortho intramolecular Hbond substituents is 1. The number of hydrogen-bond donors (Lipinski definition) is 1. The highest BCUT2D eigenvalue weighted by Crippen LogP contribution is 2.28. The first-order valence-corrected chi connectivity index (χ1v) is 12.2. The van der Waals surface area contributed by atoms with Crippen LogP contribution in [0.5, 0.6) is 5.75 Å². The van der Waals surface area contributed by atoms with E-state index in [1.807, 2.05) is 4.57 Å². The minimum atomic E-state index is -0.109. The predicted molar refractivity (Wildman–Crippen MR) is 130 cm³/mol. The predicted octanol–water partition coefficient (Wildman–Crippen LogP) is 3.99. The van der Waals surface area contributed by atoms with Gasteiger partial charge in [-0.3, -0.25) is 9.36 Å². The van der Waals surface area contributed by atoms with Crippen LogP contribution in [0.3, 0.4) is 0 Å². The Kier molecular flexibility index (Phi) is 6.27. The molecule has 4 aromatic rings. The van der Waals surface area contributed by atoms with Gasteiger partial charge in [0.05, 0.1) is 10.2 Å². The number of aryl methyl sites for hydroxylation is 3. The number of benzene rings is 1. The molecule has 34 heavy (non-hydrogen) atoms. The summed E-state index contributed by atoms with van der Waals surface area (Å²) in [7, 11) is 0. The molecule has 0 aliphatic carbocycles. The fourth-order valence-electron chi connectivity index (χ4n) is 4.13. The number of aromatic hydroxyl groups is 1. The Morgan fingerprint density at radius 3 is 2.74 bits per heavy atom. The summed E-state index contributed by atoms with van der Waals surface area (Å²) >= 11 is 3.46. The molecule has 1 aliphatic rings. The molecule has 5 rings (SSSR count). The quantitative estimate of drug-likeness (QED) is 0.327. The number of fused-ring (bicyclic) bond motifs is 2. The van der Waals surface area contributed by atoms with Gasteiger partial charge in [0.1, 0.15) is 17.4 Å². The zero-order chi connectivity index (χ0) is 23.7. The molecule has 0 saturated carbocycles. The van der Waals surface area contributed by atoms with Gasteiger partial charge in [-0.1, -0.05) is 24.9 Å². The molecule has 3 aromatic heterocycles. The lowest BCUT2D eigenvalue weighted by Crippen LogP contribution is -2.23. The van der Waals surface area contributed by atoms with Crippen LogP contribution in [0.1, 0.15) is 49.9 Å². The average molecular weight is 526 g/mol. The third-order valence-electron chi connectivity index (χ3n) is 5.86. The maximum Gasteiger partial charge on any atom is 0.266 e. The van der Waals surface area contributed by atoms with Crippen LogP contribution in [-0.2, 0) is 25.8 Å². The second-order valence-corrected chi connectivity index (χ2v) is 9.21. The van der Waals surface area contributed by atoms with Gasteiger partial charge < -0.3 is 9.63 Å². The number of halogens is 1. The number of aromatic nitrogens is 6. The molecule has 0 fully saturated rings. The number of hydrogen-bond acceptors (Lipinski definition) is 8. The molecule has 11 heteroatoms. The Labute approximate surface area is 203 Å². The van der Waals surface area contributed by atoms with Gasteiger partial charge in [0.2, 0.25) is 17.5 Å². The zero-order valence-corrected chi connectivity index (χ0v) is 20.3. The summed E-state index contributed by atoms with van der Waals surface area (Å²) in [6.07, 6.45) is 5.43. The van der Waals surface area contributed by atoms with E-state index < -0.39 is 0 Å². The third-order valence-corrected chi connectivity index (χ3v) is 6.32. The Bertz CT molecular complexity index is 1420. The summed E-state index contributed by atoms with van der Waals surface area (Å²) < 4.78 is 9.77. The molecule has 0 unspecified atom stereocenters. The molecule has 0 radical (unpaired) electrons. The largest absolute Gasteiger partial charge is 0.508 e. The fourth-order valence-corrected chi connectivity index (χ4v) is 4.58. The van der Waals surface area contributed by atoms with E-state index in [9.17, 15) is 9.90 Å². The SMILES string of the molecule is CCCCCn1c2c(c(=O)n3c(CCCc4nc(-c5ccc(O)cc5)no4)nnc13)CC(Br)=N2. The van der Waals surface area contributed by atoms with Gasteiger partial charge in [-0.2, -0.15) is 4.98 Å². The van der Waals surface area contributed by atoms with Crippen molar-refractivity contribution in [2.24, 2.45) is 4.99 Å². The Morgan fingerprint density at radius 2 is 1.94 bits per heavy atom. The molecule has 176 valence electrons. The number of phenols is 1. The van der Waals surface area contributed by atoms with E-state index in [0.717, 1.165) is 36.0 Å². The third kappa shape index (κ3) is 4.27. The Morgan fingerprint density at radius 1 is 1.12 bits per heavy atom. The highest BCUT2D eigenvalue weighted by molar-refractivity contribution is 9.18. The minimum absolute atomic E-state index is 0.109.